The van der Waals surface area contributed by atoms with Crippen molar-refractivity contribution in [3.63, 3.8) is 0 Å². The zero-order chi connectivity index (χ0) is 17.0. The number of carbonyl (C=O) groups excluding carboxylic acids is 3. The molecule has 2 unspecified atom stereocenters. The standard InChI is InChI=1S/C16H28O6/c1-12(17)6-5-9-21-14(3)10-20-11-15(4)22-16(19)8-7-13(2)18/h14-15H,5-11H2,1-4H3. The van der Waals surface area contributed by atoms with Crippen molar-refractivity contribution in [1.82, 2.24) is 0 Å². The Hall–Kier alpha value is -1.27. The quantitative estimate of drug-likeness (QED) is 0.382. The van der Waals surface area contributed by atoms with Crippen LogP contribution in [0.25, 0.3) is 0 Å². The highest BCUT2D eigenvalue weighted by atomic mass is 16.6. The molecular weight excluding hydrogens is 288 g/mol. The number of rotatable bonds is 13. The lowest BCUT2D eigenvalue weighted by atomic mass is 10.2. The Labute approximate surface area is 132 Å². The van der Waals surface area contributed by atoms with Crippen LogP contribution in [0.2, 0.25) is 0 Å². The second-order valence-electron chi connectivity index (χ2n) is 5.53. The Kier molecular flexibility index (Phi) is 11.6. The third-order valence-electron chi connectivity index (χ3n) is 2.79. The maximum atomic E-state index is 11.4. The molecule has 0 fully saturated rings. The Bertz CT molecular complexity index is 353. The van der Waals surface area contributed by atoms with Gasteiger partial charge in [0.15, 0.2) is 0 Å². The Balaban J connectivity index is 3.61. The van der Waals surface area contributed by atoms with Gasteiger partial charge in [0.2, 0.25) is 0 Å². The van der Waals surface area contributed by atoms with E-state index in [9.17, 15) is 14.4 Å². The minimum atomic E-state index is -0.389. The number of hydrogen-bond donors (Lipinski definition) is 0. The fourth-order valence-corrected chi connectivity index (χ4v) is 1.65. The summed E-state index contributed by atoms with van der Waals surface area (Å²) in [6.45, 7) is 7.84. The summed E-state index contributed by atoms with van der Waals surface area (Å²) in [6, 6.07) is 0. The number of hydrogen-bond acceptors (Lipinski definition) is 6. The molecule has 0 aromatic heterocycles. The Morgan fingerprint density at radius 3 is 2.05 bits per heavy atom. The molecule has 0 saturated carbocycles. The van der Waals surface area contributed by atoms with Crippen LogP contribution < -0.4 is 0 Å². The lowest BCUT2D eigenvalue weighted by Crippen LogP contribution is -2.24. The van der Waals surface area contributed by atoms with Gasteiger partial charge in [0.05, 0.1) is 25.7 Å². The molecule has 2 atom stereocenters. The average Bonchev–Trinajstić information content (AvgIpc) is 2.41. The van der Waals surface area contributed by atoms with E-state index in [0.29, 0.717) is 26.1 Å². The van der Waals surface area contributed by atoms with Crippen LogP contribution in [0.1, 0.15) is 53.4 Å². The van der Waals surface area contributed by atoms with E-state index in [1.807, 2.05) is 6.92 Å². The van der Waals surface area contributed by atoms with Crippen molar-refractivity contribution in [3.05, 3.63) is 0 Å². The van der Waals surface area contributed by atoms with Crippen molar-refractivity contribution < 1.29 is 28.6 Å². The molecule has 0 saturated heterocycles. The lowest BCUT2D eigenvalue weighted by Gasteiger charge is -2.16. The zero-order valence-corrected chi connectivity index (χ0v) is 14.1. The summed E-state index contributed by atoms with van der Waals surface area (Å²) in [5, 5.41) is 0. The van der Waals surface area contributed by atoms with Gasteiger partial charge < -0.3 is 23.8 Å². The van der Waals surface area contributed by atoms with Crippen molar-refractivity contribution in [2.75, 3.05) is 19.8 Å². The van der Waals surface area contributed by atoms with Crippen LogP contribution in [-0.4, -0.2) is 49.6 Å². The monoisotopic (exact) mass is 316 g/mol. The van der Waals surface area contributed by atoms with Crippen LogP contribution >= 0.6 is 0 Å². The first-order valence-electron chi connectivity index (χ1n) is 7.69. The van der Waals surface area contributed by atoms with E-state index in [1.54, 1.807) is 13.8 Å². The maximum Gasteiger partial charge on any atom is 0.306 e. The summed E-state index contributed by atoms with van der Waals surface area (Å²) in [7, 11) is 0. The van der Waals surface area contributed by atoms with Gasteiger partial charge in [-0.3, -0.25) is 4.79 Å². The molecule has 22 heavy (non-hydrogen) atoms. The summed E-state index contributed by atoms with van der Waals surface area (Å²) in [4.78, 5) is 32.9. The molecule has 0 bridgehead atoms. The van der Waals surface area contributed by atoms with E-state index in [2.05, 4.69) is 0 Å². The molecule has 6 heteroatoms. The molecule has 0 aliphatic rings. The first kappa shape index (κ1) is 20.7. The maximum absolute atomic E-state index is 11.4. The van der Waals surface area contributed by atoms with Crippen LogP contribution in [0.3, 0.4) is 0 Å². The van der Waals surface area contributed by atoms with Gasteiger partial charge in [-0.15, -0.1) is 0 Å². The van der Waals surface area contributed by atoms with Gasteiger partial charge in [0, 0.05) is 19.4 Å². The zero-order valence-electron chi connectivity index (χ0n) is 14.1. The minimum Gasteiger partial charge on any atom is -0.460 e. The van der Waals surface area contributed by atoms with Crippen molar-refractivity contribution in [2.45, 2.75) is 65.6 Å². The number of carbonyl (C=O) groups is 3. The predicted octanol–water partition coefficient (Wildman–Crippen LogP) is 2.08. The first-order chi connectivity index (χ1) is 10.3. The molecule has 0 N–H and O–H groups in total. The molecular formula is C16H28O6. The molecule has 0 aromatic rings. The molecule has 0 spiro atoms. The summed E-state index contributed by atoms with van der Waals surface area (Å²) in [6.07, 6.45) is 1.12. The molecule has 0 aromatic carbocycles. The molecule has 6 nitrogen and oxygen atoms in total. The molecule has 0 radical (unpaired) electrons. The van der Waals surface area contributed by atoms with Gasteiger partial charge in [-0.1, -0.05) is 0 Å². The Morgan fingerprint density at radius 2 is 1.45 bits per heavy atom. The van der Waals surface area contributed by atoms with E-state index < -0.39 is 0 Å². The van der Waals surface area contributed by atoms with Crippen LogP contribution in [0, 0.1) is 0 Å². The Morgan fingerprint density at radius 1 is 0.864 bits per heavy atom. The third-order valence-corrected chi connectivity index (χ3v) is 2.79. The van der Waals surface area contributed by atoms with Gasteiger partial charge in [-0.2, -0.15) is 0 Å². The molecule has 0 rings (SSSR count). The predicted molar refractivity (Wildman–Crippen MR) is 81.6 cm³/mol. The molecule has 0 heterocycles. The molecule has 0 aliphatic heterocycles. The minimum absolute atomic E-state index is 0.0309. The van der Waals surface area contributed by atoms with E-state index in [-0.39, 0.29) is 49.2 Å². The van der Waals surface area contributed by atoms with Gasteiger partial charge in [0.25, 0.3) is 0 Å². The lowest BCUT2D eigenvalue weighted by molar-refractivity contribution is -0.152. The van der Waals surface area contributed by atoms with E-state index in [1.165, 1.54) is 6.92 Å². The topological polar surface area (TPSA) is 78.9 Å². The van der Waals surface area contributed by atoms with Crippen molar-refractivity contribution in [2.24, 2.45) is 0 Å². The normalized spacial score (nSPS) is 13.5. The van der Waals surface area contributed by atoms with E-state index in [0.717, 1.165) is 0 Å². The van der Waals surface area contributed by atoms with Gasteiger partial charge in [0.1, 0.15) is 17.7 Å². The fraction of sp³-hybridized carbons (Fsp3) is 0.812. The highest BCUT2D eigenvalue weighted by Gasteiger charge is 2.11. The number of ether oxygens (including phenoxy) is 3. The molecule has 0 amide bonds. The average molecular weight is 316 g/mol. The second kappa shape index (κ2) is 12.3. The van der Waals surface area contributed by atoms with Crippen LogP contribution in [-0.2, 0) is 28.6 Å². The third kappa shape index (κ3) is 13.7. The van der Waals surface area contributed by atoms with Crippen molar-refractivity contribution >= 4 is 17.5 Å². The first-order valence-corrected chi connectivity index (χ1v) is 7.69. The number of Topliss-reactive ketones (excluding diaryl/α,β-unsaturated/α-hetero) is 2. The molecule has 128 valence electrons. The summed E-state index contributed by atoms with van der Waals surface area (Å²) >= 11 is 0. The summed E-state index contributed by atoms with van der Waals surface area (Å²) < 4.78 is 16.0. The van der Waals surface area contributed by atoms with Crippen LogP contribution in [0.4, 0.5) is 0 Å². The summed E-state index contributed by atoms with van der Waals surface area (Å²) in [5.74, 6) is -0.260. The second-order valence-corrected chi connectivity index (χ2v) is 5.53. The summed E-state index contributed by atoms with van der Waals surface area (Å²) in [5.41, 5.74) is 0. The van der Waals surface area contributed by atoms with E-state index >= 15 is 0 Å². The largest absolute Gasteiger partial charge is 0.460 e. The van der Waals surface area contributed by atoms with Gasteiger partial charge >= 0.3 is 5.97 Å². The fourth-order valence-electron chi connectivity index (χ4n) is 1.65. The van der Waals surface area contributed by atoms with Crippen LogP contribution in [0.5, 0.6) is 0 Å². The van der Waals surface area contributed by atoms with Gasteiger partial charge in [-0.05, 0) is 34.1 Å². The smallest absolute Gasteiger partial charge is 0.306 e. The highest BCUT2D eigenvalue weighted by molar-refractivity contribution is 5.81. The van der Waals surface area contributed by atoms with Crippen molar-refractivity contribution in [3.8, 4) is 0 Å². The number of esters is 1. The van der Waals surface area contributed by atoms with E-state index in [4.69, 9.17) is 14.2 Å². The van der Waals surface area contributed by atoms with Crippen molar-refractivity contribution in [1.29, 1.82) is 0 Å². The SMILES string of the molecule is CC(=O)CCCOC(C)COCC(C)OC(=O)CCC(C)=O. The molecule has 0 aliphatic carbocycles. The highest BCUT2D eigenvalue weighted by Crippen LogP contribution is 2.01. The van der Waals surface area contributed by atoms with Gasteiger partial charge in [-0.25, -0.2) is 0 Å². The number of ketones is 2. The van der Waals surface area contributed by atoms with Crippen LogP contribution in [0.15, 0.2) is 0 Å².